The Labute approximate surface area is 97.2 Å². The summed E-state index contributed by atoms with van der Waals surface area (Å²) in [6, 6.07) is 0. The second kappa shape index (κ2) is 5.11. The van der Waals surface area contributed by atoms with Crippen LogP contribution in [0.4, 0.5) is 0 Å². The molecule has 0 aliphatic rings. The quantitative estimate of drug-likeness (QED) is 0.800. The molecule has 2 heterocycles. The summed E-state index contributed by atoms with van der Waals surface area (Å²) in [5.74, 6) is 2.78. The number of aryl methyl sites for hydroxylation is 2. The summed E-state index contributed by atoms with van der Waals surface area (Å²) >= 11 is 1.48. The minimum Gasteiger partial charge on any atom is -0.338 e. The van der Waals surface area contributed by atoms with E-state index >= 15 is 0 Å². The zero-order valence-corrected chi connectivity index (χ0v) is 10.0. The molecule has 0 atom stereocenters. The third-order valence-corrected chi connectivity index (χ3v) is 2.72. The molecule has 0 aliphatic heterocycles. The fraction of sp³-hybridized carbons (Fsp3) is 0.556. The number of hydrogen-bond donors (Lipinski definition) is 1. The highest BCUT2D eigenvalue weighted by Crippen LogP contribution is 2.17. The first-order valence-corrected chi connectivity index (χ1v) is 6.09. The molecule has 0 aromatic carbocycles. The van der Waals surface area contributed by atoms with Crippen LogP contribution in [0, 0.1) is 6.92 Å². The lowest BCUT2D eigenvalue weighted by Gasteiger charge is -1.89. The number of thioether (sulfide) groups is 1. The summed E-state index contributed by atoms with van der Waals surface area (Å²) in [5.41, 5.74) is 0. The van der Waals surface area contributed by atoms with Crippen molar-refractivity contribution in [2.24, 2.45) is 0 Å². The van der Waals surface area contributed by atoms with Crippen LogP contribution in [0.5, 0.6) is 0 Å². The summed E-state index contributed by atoms with van der Waals surface area (Å²) in [4.78, 5) is 8.43. The molecule has 0 aliphatic carbocycles. The van der Waals surface area contributed by atoms with Crippen molar-refractivity contribution in [3.05, 3.63) is 17.5 Å². The Bertz CT molecular complexity index is 452. The maximum atomic E-state index is 4.99. The van der Waals surface area contributed by atoms with E-state index in [-0.39, 0.29) is 0 Å². The molecule has 0 bridgehead atoms. The lowest BCUT2D eigenvalue weighted by molar-refractivity contribution is 0.387. The fourth-order valence-electron chi connectivity index (χ4n) is 1.22. The van der Waals surface area contributed by atoms with Gasteiger partial charge in [0, 0.05) is 6.42 Å². The molecule has 2 aromatic heterocycles. The first-order chi connectivity index (χ1) is 7.78. The van der Waals surface area contributed by atoms with Gasteiger partial charge in [0.05, 0.1) is 5.75 Å². The molecular formula is C9H13N5OS. The van der Waals surface area contributed by atoms with Crippen LogP contribution in [0.2, 0.25) is 0 Å². The van der Waals surface area contributed by atoms with Crippen molar-refractivity contribution in [3.63, 3.8) is 0 Å². The third-order valence-electron chi connectivity index (χ3n) is 1.89. The van der Waals surface area contributed by atoms with Crippen molar-refractivity contribution in [2.45, 2.75) is 37.6 Å². The largest absolute Gasteiger partial charge is 0.338 e. The van der Waals surface area contributed by atoms with Gasteiger partial charge in [-0.25, -0.2) is 4.98 Å². The second-order valence-electron chi connectivity index (χ2n) is 3.34. The van der Waals surface area contributed by atoms with Gasteiger partial charge in [-0.2, -0.15) is 4.98 Å². The average molecular weight is 239 g/mol. The van der Waals surface area contributed by atoms with Crippen molar-refractivity contribution >= 4 is 11.8 Å². The molecule has 0 radical (unpaired) electrons. The van der Waals surface area contributed by atoms with E-state index in [4.69, 9.17) is 4.52 Å². The molecule has 0 amide bonds. The molecule has 0 spiro atoms. The maximum absolute atomic E-state index is 4.99. The standard InChI is InChI=1S/C9H13N5OS/c1-3-4-7-11-9(13-12-7)16-5-8-10-6(2)14-15-8/h3-5H2,1-2H3,(H,11,12,13). The van der Waals surface area contributed by atoms with E-state index in [9.17, 15) is 0 Å². The van der Waals surface area contributed by atoms with Gasteiger partial charge < -0.3 is 4.52 Å². The Morgan fingerprint density at radius 2 is 2.25 bits per heavy atom. The molecule has 7 heteroatoms. The zero-order valence-electron chi connectivity index (χ0n) is 9.23. The number of nitrogens with one attached hydrogen (secondary N) is 1. The topological polar surface area (TPSA) is 80.5 Å². The summed E-state index contributed by atoms with van der Waals surface area (Å²) in [7, 11) is 0. The number of hydrogen-bond acceptors (Lipinski definition) is 6. The number of aromatic amines is 1. The number of rotatable bonds is 5. The molecule has 0 fully saturated rings. The number of aromatic nitrogens is 5. The van der Waals surface area contributed by atoms with Gasteiger partial charge in [-0.3, -0.25) is 5.10 Å². The minimum atomic E-state index is 0.601. The van der Waals surface area contributed by atoms with Crippen LogP contribution in [-0.4, -0.2) is 25.3 Å². The van der Waals surface area contributed by atoms with Crippen LogP contribution in [0.25, 0.3) is 0 Å². The van der Waals surface area contributed by atoms with Gasteiger partial charge in [0.1, 0.15) is 5.82 Å². The van der Waals surface area contributed by atoms with Gasteiger partial charge in [-0.15, -0.1) is 5.10 Å². The van der Waals surface area contributed by atoms with Crippen LogP contribution in [0.15, 0.2) is 9.68 Å². The average Bonchev–Trinajstić information content (AvgIpc) is 2.85. The first kappa shape index (κ1) is 11.1. The number of H-pyrrole nitrogens is 1. The summed E-state index contributed by atoms with van der Waals surface area (Å²) in [6.07, 6.45) is 1.98. The Balaban J connectivity index is 1.89. The lowest BCUT2D eigenvalue weighted by Crippen LogP contribution is -1.85. The van der Waals surface area contributed by atoms with E-state index in [1.54, 1.807) is 6.92 Å². The van der Waals surface area contributed by atoms with E-state index in [2.05, 4.69) is 32.2 Å². The Morgan fingerprint density at radius 1 is 1.38 bits per heavy atom. The van der Waals surface area contributed by atoms with Crippen molar-refractivity contribution in [3.8, 4) is 0 Å². The fourth-order valence-corrected chi connectivity index (χ4v) is 1.87. The molecular weight excluding hydrogens is 226 g/mol. The van der Waals surface area contributed by atoms with Crippen LogP contribution in [-0.2, 0) is 12.2 Å². The summed E-state index contributed by atoms with van der Waals surface area (Å²) in [6.45, 7) is 3.90. The van der Waals surface area contributed by atoms with E-state index in [1.807, 2.05) is 0 Å². The van der Waals surface area contributed by atoms with Gasteiger partial charge >= 0.3 is 0 Å². The van der Waals surface area contributed by atoms with E-state index in [1.165, 1.54) is 11.8 Å². The number of nitrogens with zero attached hydrogens (tertiary/aromatic N) is 4. The normalized spacial score (nSPS) is 10.9. The maximum Gasteiger partial charge on any atom is 0.237 e. The Morgan fingerprint density at radius 3 is 2.94 bits per heavy atom. The van der Waals surface area contributed by atoms with Crippen LogP contribution < -0.4 is 0 Å². The molecule has 86 valence electrons. The second-order valence-corrected chi connectivity index (χ2v) is 4.28. The van der Waals surface area contributed by atoms with Gasteiger partial charge in [0.15, 0.2) is 5.82 Å². The molecule has 0 saturated carbocycles. The van der Waals surface area contributed by atoms with E-state index < -0.39 is 0 Å². The van der Waals surface area contributed by atoms with Crippen molar-refractivity contribution < 1.29 is 4.52 Å². The predicted molar refractivity (Wildman–Crippen MR) is 59.0 cm³/mol. The van der Waals surface area contributed by atoms with E-state index in [0.717, 1.165) is 23.8 Å². The van der Waals surface area contributed by atoms with Crippen molar-refractivity contribution in [2.75, 3.05) is 0 Å². The molecule has 0 saturated heterocycles. The molecule has 2 rings (SSSR count). The molecule has 2 aromatic rings. The van der Waals surface area contributed by atoms with Gasteiger partial charge in [0.2, 0.25) is 11.0 Å². The van der Waals surface area contributed by atoms with Crippen LogP contribution in [0.3, 0.4) is 0 Å². The highest BCUT2D eigenvalue weighted by Gasteiger charge is 2.07. The Hall–Kier alpha value is -1.37. The monoisotopic (exact) mass is 239 g/mol. The van der Waals surface area contributed by atoms with Crippen LogP contribution >= 0.6 is 11.8 Å². The highest BCUT2D eigenvalue weighted by atomic mass is 32.2. The van der Waals surface area contributed by atoms with Crippen molar-refractivity contribution in [1.29, 1.82) is 0 Å². The van der Waals surface area contributed by atoms with Gasteiger partial charge in [0.25, 0.3) is 0 Å². The highest BCUT2D eigenvalue weighted by molar-refractivity contribution is 7.98. The lowest BCUT2D eigenvalue weighted by atomic mass is 10.3. The van der Waals surface area contributed by atoms with Gasteiger partial charge in [-0.1, -0.05) is 23.8 Å². The summed E-state index contributed by atoms with van der Waals surface area (Å²) < 4.78 is 4.99. The zero-order chi connectivity index (χ0) is 11.4. The minimum absolute atomic E-state index is 0.601. The van der Waals surface area contributed by atoms with Crippen molar-refractivity contribution in [1.82, 2.24) is 25.3 Å². The van der Waals surface area contributed by atoms with Gasteiger partial charge in [-0.05, 0) is 13.3 Å². The first-order valence-electron chi connectivity index (χ1n) is 5.11. The van der Waals surface area contributed by atoms with Crippen LogP contribution in [0.1, 0.15) is 30.9 Å². The SMILES string of the molecule is CCCc1nc(SCc2nc(C)no2)n[nH]1. The molecule has 1 N–H and O–H groups in total. The summed E-state index contributed by atoms with van der Waals surface area (Å²) in [5, 5.41) is 11.4. The smallest absolute Gasteiger partial charge is 0.237 e. The predicted octanol–water partition coefficient (Wildman–Crippen LogP) is 1.74. The molecule has 16 heavy (non-hydrogen) atoms. The molecule has 6 nitrogen and oxygen atoms in total. The van der Waals surface area contributed by atoms with E-state index in [0.29, 0.717) is 17.5 Å². The molecule has 0 unspecified atom stereocenters. The third kappa shape index (κ3) is 2.82. The Kier molecular flexibility index (Phi) is 3.55.